The summed E-state index contributed by atoms with van der Waals surface area (Å²) in [5, 5.41) is 0. The highest BCUT2D eigenvalue weighted by Crippen LogP contribution is 2.40. The Bertz CT molecular complexity index is 678. The second kappa shape index (κ2) is 7.26. The first kappa shape index (κ1) is 17.9. The van der Waals surface area contributed by atoms with Gasteiger partial charge in [-0.2, -0.15) is 0 Å². The second-order valence-electron chi connectivity index (χ2n) is 8.33. The minimum atomic E-state index is -0.756. The van der Waals surface area contributed by atoms with Crippen LogP contribution in [0.15, 0.2) is 18.2 Å². The number of amides is 1. The molecule has 3 fully saturated rings. The predicted molar refractivity (Wildman–Crippen MR) is 96.9 cm³/mol. The largest absolute Gasteiger partial charge is 0.338 e. The Morgan fingerprint density at radius 2 is 2.04 bits per heavy atom. The van der Waals surface area contributed by atoms with Crippen LogP contribution in [0.5, 0.6) is 0 Å². The minimum Gasteiger partial charge on any atom is -0.338 e. The van der Waals surface area contributed by atoms with E-state index < -0.39 is 11.6 Å². The third-order valence-corrected chi connectivity index (χ3v) is 6.59. The van der Waals surface area contributed by atoms with E-state index in [1.807, 2.05) is 4.90 Å². The van der Waals surface area contributed by atoms with Crippen molar-refractivity contribution in [3.05, 3.63) is 35.4 Å². The van der Waals surface area contributed by atoms with Crippen molar-refractivity contribution in [2.24, 2.45) is 11.8 Å². The Hall–Kier alpha value is -1.49. The average molecular weight is 362 g/mol. The van der Waals surface area contributed by atoms with E-state index in [-0.39, 0.29) is 11.5 Å². The van der Waals surface area contributed by atoms with Gasteiger partial charge < -0.3 is 4.90 Å². The molecule has 5 heteroatoms. The predicted octanol–water partition coefficient (Wildman–Crippen LogP) is 4.08. The number of carbonyl (C=O) groups is 1. The zero-order valence-corrected chi connectivity index (χ0v) is 15.5. The molecule has 1 aromatic carbocycles. The molecule has 3 aliphatic rings. The molecule has 3 aliphatic heterocycles. The van der Waals surface area contributed by atoms with Crippen molar-refractivity contribution in [3.63, 3.8) is 0 Å². The molecule has 26 heavy (non-hydrogen) atoms. The minimum absolute atomic E-state index is 0.00395. The molecule has 3 heterocycles. The molecule has 0 spiro atoms. The lowest BCUT2D eigenvalue weighted by Gasteiger charge is -2.55. The molecule has 0 unspecified atom stereocenters. The molecular weight excluding hydrogens is 334 g/mol. The highest BCUT2D eigenvalue weighted by Gasteiger charge is 2.45. The number of hydrogen-bond acceptors (Lipinski definition) is 2. The summed E-state index contributed by atoms with van der Waals surface area (Å²) in [7, 11) is 0. The lowest BCUT2D eigenvalue weighted by atomic mass is 9.74. The number of hydrogen-bond donors (Lipinski definition) is 0. The maximum atomic E-state index is 14.1. The Morgan fingerprint density at radius 3 is 2.81 bits per heavy atom. The summed E-state index contributed by atoms with van der Waals surface area (Å²) in [5.41, 5.74) is -0.00395. The highest BCUT2D eigenvalue weighted by atomic mass is 19.1. The van der Waals surface area contributed by atoms with Crippen LogP contribution in [0.3, 0.4) is 0 Å². The fourth-order valence-electron chi connectivity index (χ4n) is 5.55. The van der Waals surface area contributed by atoms with Gasteiger partial charge >= 0.3 is 0 Å². The molecule has 142 valence electrons. The van der Waals surface area contributed by atoms with Crippen molar-refractivity contribution in [3.8, 4) is 0 Å². The highest BCUT2D eigenvalue weighted by molar-refractivity contribution is 5.94. The summed E-state index contributed by atoms with van der Waals surface area (Å²) in [5.74, 6) is -0.737. The van der Waals surface area contributed by atoms with E-state index in [1.165, 1.54) is 50.7 Å². The van der Waals surface area contributed by atoms with Crippen LogP contribution in [0.25, 0.3) is 0 Å². The smallest absolute Gasteiger partial charge is 0.256 e. The molecule has 4 rings (SSSR count). The van der Waals surface area contributed by atoms with Crippen LogP contribution < -0.4 is 0 Å². The van der Waals surface area contributed by atoms with Gasteiger partial charge in [0.05, 0.1) is 5.56 Å². The molecule has 1 aromatic rings. The number of fused-ring (bicyclic) bond motifs is 4. The van der Waals surface area contributed by atoms with E-state index >= 15 is 0 Å². The van der Waals surface area contributed by atoms with Gasteiger partial charge in [-0.25, -0.2) is 8.78 Å². The zero-order valence-electron chi connectivity index (χ0n) is 15.5. The number of piperidine rings is 3. The number of likely N-dealkylation sites (tertiary alicyclic amines) is 1. The number of benzene rings is 1. The van der Waals surface area contributed by atoms with E-state index in [2.05, 4.69) is 11.8 Å². The fraction of sp³-hybridized carbons (Fsp3) is 0.667. The molecule has 0 aromatic heterocycles. The van der Waals surface area contributed by atoms with Gasteiger partial charge in [0.1, 0.15) is 11.6 Å². The average Bonchev–Trinajstić information content (AvgIpc) is 2.62. The molecule has 4 atom stereocenters. The molecule has 3 nitrogen and oxygen atoms in total. The normalized spacial score (nSPS) is 31.6. The Kier molecular flexibility index (Phi) is 5.00. The van der Waals surface area contributed by atoms with Crippen LogP contribution in [0.4, 0.5) is 8.78 Å². The van der Waals surface area contributed by atoms with E-state index in [4.69, 9.17) is 0 Å². The monoisotopic (exact) mass is 362 g/mol. The Labute approximate surface area is 154 Å². The summed E-state index contributed by atoms with van der Waals surface area (Å²) >= 11 is 0. The summed E-state index contributed by atoms with van der Waals surface area (Å²) < 4.78 is 27.2. The maximum Gasteiger partial charge on any atom is 0.256 e. The van der Waals surface area contributed by atoms with Gasteiger partial charge in [-0.3, -0.25) is 9.69 Å². The molecule has 0 saturated carbocycles. The maximum absolute atomic E-state index is 14.1. The summed E-state index contributed by atoms with van der Waals surface area (Å²) in [6.45, 7) is 4.70. The van der Waals surface area contributed by atoms with Crippen LogP contribution in [0.2, 0.25) is 0 Å². The third kappa shape index (κ3) is 3.26. The van der Waals surface area contributed by atoms with Crippen LogP contribution in [0, 0.1) is 23.5 Å². The third-order valence-electron chi connectivity index (χ3n) is 6.59. The van der Waals surface area contributed by atoms with Gasteiger partial charge in [0, 0.05) is 37.8 Å². The zero-order chi connectivity index (χ0) is 18.3. The quantitative estimate of drug-likeness (QED) is 0.809. The molecule has 0 radical (unpaired) electrons. The van der Waals surface area contributed by atoms with Crippen molar-refractivity contribution < 1.29 is 13.6 Å². The fourth-order valence-corrected chi connectivity index (χ4v) is 5.55. The first-order valence-electron chi connectivity index (χ1n) is 10.1. The van der Waals surface area contributed by atoms with Gasteiger partial charge in [-0.15, -0.1) is 0 Å². The summed E-state index contributed by atoms with van der Waals surface area (Å²) in [6.07, 6.45) is 7.44. The van der Waals surface area contributed by atoms with Crippen molar-refractivity contribution in [2.45, 2.75) is 57.5 Å². The lowest BCUT2D eigenvalue weighted by molar-refractivity contribution is -0.0519. The number of nitrogens with zero attached hydrogens (tertiary/aromatic N) is 2. The SMILES string of the molecule is CCC[C@H]1CCC[C@H]2[C@@H]3C[C@@H](CN(C(=O)c4ccc(F)cc4F)C3)CN12. The molecule has 0 N–H and O–H groups in total. The number of halogens is 2. The van der Waals surface area contributed by atoms with Crippen LogP contribution in [-0.4, -0.2) is 47.4 Å². The molecule has 0 aliphatic carbocycles. The molecule has 1 amide bonds. The summed E-state index contributed by atoms with van der Waals surface area (Å²) in [6, 6.07) is 4.50. The Balaban J connectivity index is 1.51. The molecule has 2 bridgehead atoms. The van der Waals surface area contributed by atoms with Crippen LogP contribution in [-0.2, 0) is 0 Å². The second-order valence-corrected chi connectivity index (χ2v) is 8.33. The van der Waals surface area contributed by atoms with Crippen LogP contribution >= 0.6 is 0 Å². The van der Waals surface area contributed by atoms with Crippen molar-refractivity contribution in [1.29, 1.82) is 0 Å². The van der Waals surface area contributed by atoms with Crippen LogP contribution in [0.1, 0.15) is 55.8 Å². The van der Waals surface area contributed by atoms with Crippen molar-refractivity contribution in [1.82, 2.24) is 9.80 Å². The number of rotatable bonds is 3. The number of carbonyl (C=O) groups excluding carboxylic acids is 1. The Morgan fingerprint density at radius 1 is 1.19 bits per heavy atom. The molecular formula is C21H28F2N2O. The van der Waals surface area contributed by atoms with E-state index in [0.29, 0.717) is 37.0 Å². The van der Waals surface area contributed by atoms with Gasteiger partial charge in [-0.05, 0) is 49.7 Å². The van der Waals surface area contributed by atoms with E-state index in [1.54, 1.807) is 0 Å². The first-order chi connectivity index (χ1) is 12.6. The topological polar surface area (TPSA) is 23.6 Å². The van der Waals surface area contributed by atoms with Crippen molar-refractivity contribution >= 4 is 5.91 Å². The van der Waals surface area contributed by atoms with Gasteiger partial charge in [0.25, 0.3) is 5.91 Å². The van der Waals surface area contributed by atoms with Gasteiger partial charge in [0.15, 0.2) is 0 Å². The van der Waals surface area contributed by atoms with Crippen molar-refractivity contribution in [2.75, 3.05) is 19.6 Å². The molecule has 3 saturated heterocycles. The standard InChI is InChI=1S/C21H28F2N2O/c1-2-4-17-5-3-6-20-15-9-14(12-25(17)20)11-24(13-15)21(26)18-8-7-16(22)10-19(18)23/h7-8,10,14-15,17,20H,2-6,9,11-13H2,1H3/t14-,15+,17-,20-/m0/s1. The summed E-state index contributed by atoms with van der Waals surface area (Å²) in [4.78, 5) is 17.4. The van der Waals surface area contributed by atoms with Gasteiger partial charge in [0.2, 0.25) is 0 Å². The first-order valence-corrected chi connectivity index (χ1v) is 10.1. The van der Waals surface area contributed by atoms with Gasteiger partial charge in [-0.1, -0.05) is 19.8 Å². The lowest BCUT2D eigenvalue weighted by Crippen LogP contribution is -2.62. The van der Waals surface area contributed by atoms with E-state index in [9.17, 15) is 13.6 Å². The van der Waals surface area contributed by atoms with E-state index in [0.717, 1.165) is 12.6 Å².